The molecule has 0 atom stereocenters. The van der Waals surface area contributed by atoms with Crippen LogP contribution in [0.2, 0.25) is 0 Å². The van der Waals surface area contributed by atoms with E-state index >= 15 is 0 Å². The number of nitrogens with one attached hydrogen (secondary N) is 1. The van der Waals surface area contributed by atoms with E-state index in [0.29, 0.717) is 18.9 Å². The minimum Gasteiger partial charge on any atom is -0.383 e. The first-order chi connectivity index (χ1) is 9.13. The molecule has 0 bridgehead atoms. The van der Waals surface area contributed by atoms with Crippen LogP contribution in [0, 0.1) is 5.92 Å². The van der Waals surface area contributed by atoms with Crippen molar-refractivity contribution in [3.05, 3.63) is 29.8 Å². The second kappa shape index (κ2) is 8.70. The average Bonchev–Trinajstić information content (AvgIpc) is 2.42. The molecule has 0 aliphatic heterocycles. The molecule has 1 rings (SSSR count). The van der Waals surface area contributed by atoms with Crippen molar-refractivity contribution in [2.45, 2.75) is 33.6 Å². The summed E-state index contributed by atoms with van der Waals surface area (Å²) in [5.41, 5.74) is 1.81. The SMILES string of the molecule is CCC(=O)c1ccc(NCCOCCC(C)C)cc1. The molecule has 0 aliphatic carbocycles. The zero-order valence-electron chi connectivity index (χ0n) is 12.2. The number of rotatable bonds is 9. The normalized spacial score (nSPS) is 10.7. The van der Waals surface area contributed by atoms with Crippen molar-refractivity contribution in [3.63, 3.8) is 0 Å². The molecule has 1 aromatic carbocycles. The van der Waals surface area contributed by atoms with Gasteiger partial charge in [-0.15, -0.1) is 0 Å². The molecule has 0 spiro atoms. The number of benzene rings is 1. The van der Waals surface area contributed by atoms with Crippen LogP contribution in [0.3, 0.4) is 0 Å². The van der Waals surface area contributed by atoms with E-state index in [4.69, 9.17) is 4.74 Å². The summed E-state index contributed by atoms with van der Waals surface area (Å²) in [6, 6.07) is 7.62. The lowest BCUT2D eigenvalue weighted by Crippen LogP contribution is -2.11. The molecule has 106 valence electrons. The van der Waals surface area contributed by atoms with E-state index in [-0.39, 0.29) is 5.78 Å². The maximum Gasteiger partial charge on any atom is 0.162 e. The summed E-state index contributed by atoms with van der Waals surface area (Å²) in [6.07, 6.45) is 1.66. The van der Waals surface area contributed by atoms with E-state index in [0.717, 1.165) is 30.8 Å². The molecule has 0 aliphatic rings. The van der Waals surface area contributed by atoms with Crippen LogP contribution in [0.4, 0.5) is 5.69 Å². The standard InChI is InChI=1S/C16H25NO2/c1-4-16(18)14-5-7-15(8-6-14)17-10-12-19-11-9-13(2)3/h5-8,13,17H,4,9-12H2,1-3H3. The Kier molecular flexibility index (Phi) is 7.19. The minimum absolute atomic E-state index is 0.184. The third-order valence-electron chi connectivity index (χ3n) is 2.94. The monoisotopic (exact) mass is 263 g/mol. The fourth-order valence-corrected chi connectivity index (χ4v) is 1.67. The van der Waals surface area contributed by atoms with Gasteiger partial charge >= 0.3 is 0 Å². The van der Waals surface area contributed by atoms with Crippen molar-refractivity contribution < 1.29 is 9.53 Å². The molecule has 0 fully saturated rings. The predicted molar refractivity (Wildman–Crippen MR) is 79.8 cm³/mol. The summed E-state index contributed by atoms with van der Waals surface area (Å²) in [5.74, 6) is 0.875. The van der Waals surface area contributed by atoms with Gasteiger partial charge in [0.15, 0.2) is 5.78 Å². The van der Waals surface area contributed by atoms with E-state index in [9.17, 15) is 4.79 Å². The van der Waals surface area contributed by atoms with Gasteiger partial charge < -0.3 is 10.1 Å². The van der Waals surface area contributed by atoms with Crippen molar-refractivity contribution in [1.82, 2.24) is 0 Å². The van der Waals surface area contributed by atoms with Gasteiger partial charge in [0, 0.05) is 30.8 Å². The highest BCUT2D eigenvalue weighted by Crippen LogP contribution is 2.10. The molecule has 3 nitrogen and oxygen atoms in total. The Labute approximate surface area is 116 Å². The Hall–Kier alpha value is -1.35. The van der Waals surface area contributed by atoms with Crippen LogP contribution >= 0.6 is 0 Å². The second-order valence-electron chi connectivity index (χ2n) is 5.08. The highest BCUT2D eigenvalue weighted by molar-refractivity contribution is 5.96. The lowest BCUT2D eigenvalue weighted by atomic mass is 10.1. The third kappa shape index (κ3) is 6.39. The van der Waals surface area contributed by atoms with Gasteiger partial charge in [0.1, 0.15) is 0 Å². The van der Waals surface area contributed by atoms with Crippen LogP contribution in [0.25, 0.3) is 0 Å². The van der Waals surface area contributed by atoms with Crippen LogP contribution in [0.1, 0.15) is 44.0 Å². The first kappa shape index (κ1) is 15.7. The maximum atomic E-state index is 11.5. The van der Waals surface area contributed by atoms with Gasteiger partial charge in [0.2, 0.25) is 0 Å². The fourth-order valence-electron chi connectivity index (χ4n) is 1.67. The number of hydrogen-bond acceptors (Lipinski definition) is 3. The number of carbonyl (C=O) groups excluding carboxylic acids is 1. The van der Waals surface area contributed by atoms with E-state index in [2.05, 4.69) is 19.2 Å². The Bertz CT molecular complexity index is 371. The molecule has 1 aromatic rings. The highest BCUT2D eigenvalue weighted by atomic mass is 16.5. The summed E-state index contributed by atoms with van der Waals surface area (Å²) in [5, 5.41) is 3.28. The summed E-state index contributed by atoms with van der Waals surface area (Å²) >= 11 is 0. The predicted octanol–water partition coefficient (Wildman–Crippen LogP) is 3.75. The number of Topliss-reactive ketones (excluding diaryl/α,β-unsaturated/α-hetero) is 1. The van der Waals surface area contributed by atoms with E-state index in [1.165, 1.54) is 0 Å². The molecule has 3 heteroatoms. The summed E-state index contributed by atoms with van der Waals surface area (Å²) in [4.78, 5) is 11.5. The number of ether oxygens (including phenoxy) is 1. The van der Waals surface area contributed by atoms with Gasteiger partial charge in [0.25, 0.3) is 0 Å². The summed E-state index contributed by atoms with van der Waals surface area (Å²) in [6.45, 7) is 8.59. The maximum absolute atomic E-state index is 11.5. The first-order valence-corrected chi connectivity index (χ1v) is 7.08. The van der Waals surface area contributed by atoms with Gasteiger partial charge in [-0.25, -0.2) is 0 Å². The van der Waals surface area contributed by atoms with Crippen LogP contribution in [0.15, 0.2) is 24.3 Å². The molecule has 19 heavy (non-hydrogen) atoms. The van der Waals surface area contributed by atoms with Gasteiger partial charge in [-0.05, 0) is 36.6 Å². The average molecular weight is 263 g/mol. The van der Waals surface area contributed by atoms with Gasteiger partial charge in [0.05, 0.1) is 6.61 Å². The summed E-state index contributed by atoms with van der Waals surface area (Å²) < 4.78 is 5.53. The van der Waals surface area contributed by atoms with Crippen LogP contribution in [0.5, 0.6) is 0 Å². The number of ketones is 1. The first-order valence-electron chi connectivity index (χ1n) is 7.08. The second-order valence-corrected chi connectivity index (χ2v) is 5.08. The lowest BCUT2D eigenvalue weighted by molar-refractivity contribution is 0.0988. The van der Waals surface area contributed by atoms with Crippen LogP contribution < -0.4 is 5.32 Å². The Morgan fingerprint density at radius 1 is 1.21 bits per heavy atom. The van der Waals surface area contributed by atoms with E-state index < -0.39 is 0 Å². The molecule has 0 amide bonds. The Morgan fingerprint density at radius 3 is 2.47 bits per heavy atom. The van der Waals surface area contributed by atoms with E-state index in [1.54, 1.807) is 0 Å². The van der Waals surface area contributed by atoms with E-state index in [1.807, 2.05) is 31.2 Å². The quantitative estimate of drug-likeness (QED) is 0.544. The largest absolute Gasteiger partial charge is 0.383 e. The smallest absolute Gasteiger partial charge is 0.162 e. The Morgan fingerprint density at radius 2 is 1.89 bits per heavy atom. The van der Waals surface area contributed by atoms with Crippen molar-refractivity contribution in [2.75, 3.05) is 25.1 Å². The van der Waals surface area contributed by atoms with Gasteiger partial charge in [-0.2, -0.15) is 0 Å². The summed E-state index contributed by atoms with van der Waals surface area (Å²) in [7, 11) is 0. The van der Waals surface area contributed by atoms with Crippen molar-refractivity contribution in [3.8, 4) is 0 Å². The fraction of sp³-hybridized carbons (Fsp3) is 0.562. The lowest BCUT2D eigenvalue weighted by Gasteiger charge is -2.09. The minimum atomic E-state index is 0.184. The molecule has 0 radical (unpaired) electrons. The molecule has 0 heterocycles. The molecular formula is C16H25NO2. The molecule has 0 unspecified atom stereocenters. The molecule has 0 aromatic heterocycles. The van der Waals surface area contributed by atoms with Crippen LogP contribution in [-0.2, 0) is 4.74 Å². The third-order valence-corrected chi connectivity index (χ3v) is 2.94. The number of carbonyl (C=O) groups is 1. The molecule has 1 N–H and O–H groups in total. The molecule has 0 saturated heterocycles. The number of anilines is 1. The van der Waals surface area contributed by atoms with Crippen molar-refractivity contribution in [2.24, 2.45) is 5.92 Å². The highest BCUT2D eigenvalue weighted by Gasteiger charge is 2.01. The van der Waals surface area contributed by atoms with Crippen molar-refractivity contribution >= 4 is 11.5 Å². The molecular weight excluding hydrogens is 238 g/mol. The van der Waals surface area contributed by atoms with Crippen LogP contribution in [-0.4, -0.2) is 25.5 Å². The van der Waals surface area contributed by atoms with Gasteiger partial charge in [-0.3, -0.25) is 4.79 Å². The topological polar surface area (TPSA) is 38.3 Å². The number of hydrogen-bond donors (Lipinski definition) is 1. The van der Waals surface area contributed by atoms with Gasteiger partial charge in [-0.1, -0.05) is 20.8 Å². The Balaban J connectivity index is 2.21. The zero-order chi connectivity index (χ0) is 14.1. The zero-order valence-corrected chi connectivity index (χ0v) is 12.2. The van der Waals surface area contributed by atoms with Crippen molar-refractivity contribution in [1.29, 1.82) is 0 Å². The molecule has 0 saturated carbocycles.